The smallest absolute Gasteiger partial charge is 0.395 e. The first-order valence-corrected chi connectivity index (χ1v) is 7.43. The molecule has 1 aromatic heterocycles. The normalized spacial score (nSPS) is 14.4. The summed E-state index contributed by atoms with van der Waals surface area (Å²) < 4.78 is 4.90. The predicted octanol–water partition coefficient (Wildman–Crippen LogP) is 2.37. The van der Waals surface area contributed by atoms with Crippen molar-refractivity contribution in [1.82, 2.24) is 5.32 Å². The number of rotatable bonds is 5. The Balaban J connectivity index is 1.60. The van der Waals surface area contributed by atoms with Crippen molar-refractivity contribution in [2.24, 2.45) is 0 Å². The highest BCUT2D eigenvalue weighted by molar-refractivity contribution is 5.91. The molecule has 1 N–H and O–H groups in total. The van der Waals surface area contributed by atoms with Gasteiger partial charge in [-0.3, -0.25) is 14.9 Å². The van der Waals surface area contributed by atoms with Crippen LogP contribution in [0, 0.1) is 10.1 Å². The van der Waals surface area contributed by atoms with E-state index in [1.165, 1.54) is 23.4 Å². The second kappa shape index (κ2) is 6.12. The zero-order chi connectivity index (χ0) is 16.4. The Hall–Kier alpha value is -2.83. The zero-order valence-electron chi connectivity index (χ0n) is 12.7. The van der Waals surface area contributed by atoms with Crippen molar-refractivity contribution in [3.05, 3.63) is 57.8 Å². The maximum absolute atomic E-state index is 12.0. The molecule has 0 saturated carbocycles. The van der Waals surface area contributed by atoms with Gasteiger partial charge in [-0.25, -0.2) is 0 Å². The van der Waals surface area contributed by atoms with Gasteiger partial charge in [0.1, 0.15) is 4.92 Å². The number of nitro groups is 1. The number of carbonyl (C=O) groups excluding carboxylic acids is 1. The fraction of sp³-hybridized carbons (Fsp3) is 0.312. The molecule has 2 aromatic rings. The number of nitrogens with one attached hydrogen (secondary N) is 1. The number of para-hydroxylation sites is 1. The topological polar surface area (TPSA) is 88.6 Å². The fourth-order valence-corrected chi connectivity index (χ4v) is 2.81. The lowest BCUT2D eigenvalue weighted by Crippen LogP contribution is -2.41. The Morgan fingerprint density at radius 1 is 1.39 bits per heavy atom. The monoisotopic (exact) mass is 315 g/mol. The number of hydrogen-bond acceptors (Lipinski definition) is 5. The molecule has 7 heteroatoms. The molecule has 0 bridgehead atoms. The lowest BCUT2D eigenvalue weighted by atomic mass is 10.2. The number of hydrogen-bond donors (Lipinski definition) is 1. The maximum Gasteiger partial charge on any atom is 0.433 e. The minimum Gasteiger partial charge on any atom is -0.395 e. The number of fused-ring (bicyclic) bond motifs is 1. The maximum atomic E-state index is 12.0. The summed E-state index contributed by atoms with van der Waals surface area (Å²) >= 11 is 0. The molecule has 1 amide bonds. The SMILES string of the molecule is CC(CNC(=O)c1ccc([N+](=O)[O-])o1)N1CCc2ccccc21. The van der Waals surface area contributed by atoms with Crippen LogP contribution in [0.5, 0.6) is 0 Å². The quantitative estimate of drug-likeness (QED) is 0.676. The van der Waals surface area contributed by atoms with Crippen LogP contribution < -0.4 is 10.2 Å². The van der Waals surface area contributed by atoms with Gasteiger partial charge in [0, 0.05) is 24.8 Å². The number of benzene rings is 1. The molecule has 1 unspecified atom stereocenters. The van der Waals surface area contributed by atoms with E-state index in [0.717, 1.165) is 13.0 Å². The molecule has 0 spiro atoms. The minimum absolute atomic E-state index is 0.0503. The van der Waals surface area contributed by atoms with Crippen LogP contribution in [-0.4, -0.2) is 30.0 Å². The van der Waals surface area contributed by atoms with E-state index in [1.807, 2.05) is 19.1 Å². The molecular weight excluding hydrogens is 298 g/mol. The first kappa shape index (κ1) is 15.1. The third-order valence-electron chi connectivity index (χ3n) is 4.01. The third kappa shape index (κ3) is 3.03. The van der Waals surface area contributed by atoms with Gasteiger partial charge in [0.15, 0.2) is 5.76 Å². The molecular formula is C16H17N3O4. The van der Waals surface area contributed by atoms with Gasteiger partial charge in [-0.05, 0) is 31.0 Å². The molecule has 1 aromatic carbocycles. The number of nitrogens with zero attached hydrogens (tertiary/aromatic N) is 2. The third-order valence-corrected chi connectivity index (χ3v) is 4.01. The van der Waals surface area contributed by atoms with Crippen molar-refractivity contribution in [2.45, 2.75) is 19.4 Å². The largest absolute Gasteiger partial charge is 0.433 e. The number of amides is 1. The molecule has 1 atom stereocenters. The molecule has 2 heterocycles. The van der Waals surface area contributed by atoms with Crippen molar-refractivity contribution < 1.29 is 14.1 Å². The van der Waals surface area contributed by atoms with E-state index >= 15 is 0 Å². The molecule has 1 aliphatic rings. The highest BCUT2D eigenvalue weighted by Crippen LogP contribution is 2.28. The number of anilines is 1. The summed E-state index contributed by atoms with van der Waals surface area (Å²) in [6.45, 7) is 3.39. The van der Waals surface area contributed by atoms with Gasteiger partial charge >= 0.3 is 5.88 Å². The summed E-state index contributed by atoms with van der Waals surface area (Å²) in [5, 5.41) is 13.3. The molecule has 0 saturated heterocycles. The highest BCUT2D eigenvalue weighted by Gasteiger charge is 2.24. The first-order chi connectivity index (χ1) is 11.1. The fourth-order valence-electron chi connectivity index (χ4n) is 2.81. The van der Waals surface area contributed by atoms with Gasteiger partial charge in [0.2, 0.25) is 0 Å². The van der Waals surface area contributed by atoms with E-state index in [4.69, 9.17) is 4.42 Å². The van der Waals surface area contributed by atoms with Crippen LogP contribution in [0.3, 0.4) is 0 Å². The van der Waals surface area contributed by atoms with Gasteiger partial charge in [-0.1, -0.05) is 18.2 Å². The van der Waals surface area contributed by atoms with Crippen LogP contribution in [0.1, 0.15) is 23.0 Å². The molecule has 0 radical (unpaired) electrons. The Kier molecular flexibility index (Phi) is 4.01. The van der Waals surface area contributed by atoms with Gasteiger partial charge in [0.05, 0.1) is 6.07 Å². The van der Waals surface area contributed by atoms with E-state index in [9.17, 15) is 14.9 Å². The summed E-state index contributed by atoms with van der Waals surface area (Å²) in [7, 11) is 0. The summed E-state index contributed by atoms with van der Waals surface area (Å²) in [6, 6.07) is 10.8. The Bertz CT molecular complexity index is 740. The Labute approximate surface area is 133 Å². The van der Waals surface area contributed by atoms with Crippen molar-refractivity contribution in [3.63, 3.8) is 0 Å². The van der Waals surface area contributed by atoms with Gasteiger partial charge < -0.3 is 14.6 Å². The van der Waals surface area contributed by atoms with E-state index < -0.39 is 16.7 Å². The van der Waals surface area contributed by atoms with Gasteiger partial charge in [0.25, 0.3) is 5.91 Å². The van der Waals surface area contributed by atoms with E-state index in [0.29, 0.717) is 6.54 Å². The summed E-state index contributed by atoms with van der Waals surface area (Å²) in [5.41, 5.74) is 2.51. The van der Waals surface area contributed by atoms with Crippen LogP contribution >= 0.6 is 0 Å². The van der Waals surface area contributed by atoms with Crippen LogP contribution in [0.4, 0.5) is 11.6 Å². The Morgan fingerprint density at radius 3 is 2.91 bits per heavy atom. The lowest BCUT2D eigenvalue weighted by Gasteiger charge is -2.27. The van der Waals surface area contributed by atoms with Crippen LogP contribution in [0.25, 0.3) is 0 Å². The van der Waals surface area contributed by atoms with Crippen LogP contribution in [0.15, 0.2) is 40.8 Å². The standard InChI is InChI=1S/C16H17N3O4/c1-11(18-9-8-12-4-2-3-5-13(12)18)10-17-16(20)14-6-7-15(23-14)19(21)22/h2-7,11H,8-10H2,1H3,(H,17,20). The average Bonchev–Trinajstić information content (AvgIpc) is 3.19. The van der Waals surface area contributed by atoms with Crippen molar-refractivity contribution in [2.75, 3.05) is 18.0 Å². The summed E-state index contributed by atoms with van der Waals surface area (Å²) in [6.07, 6.45) is 0.999. The highest BCUT2D eigenvalue weighted by atomic mass is 16.6. The van der Waals surface area contributed by atoms with Crippen molar-refractivity contribution in [1.29, 1.82) is 0 Å². The predicted molar refractivity (Wildman–Crippen MR) is 84.6 cm³/mol. The average molecular weight is 315 g/mol. The molecule has 0 fully saturated rings. The minimum atomic E-state index is -0.666. The van der Waals surface area contributed by atoms with E-state index in [2.05, 4.69) is 22.3 Å². The second-order valence-electron chi connectivity index (χ2n) is 5.53. The number of furan rings is 1. The molecule has 120 valence electrons. The van der Waals surface area contributed by atoms with Crippen LogP contribution in [0.2, 0.25) is 0 Å². The number of carbonyl (C=O) groups is 1. The molecule has 0 aliphatic carbocycles. The van der Waals surface area contributed by atoms with Crippen molar-refractivity contribution >= 4 is 17.5 Å². The molecule has 23 heavy (non-hydrogen) atoms. The molecule has 3 rings (SSSR count). The Morgan fingerprint density at radius 2 is 2.17 bits per heavy atom. The summed E-state index contributed by atoms with van der Waals surface area (Å²) in [5.74, 6) is -0.931. The zero-order valence-corrected chi connectivity index (χ0v) is 12.7. The molecule has 1 aliphatic heterocycles. The first-order valence-electron chi connectivity index (χ1n) is 7.43. The summed E-state index contributed by atoms with van der Waals surface area (Å²) in [4.78, 5) is 24.2. The van der Waals surface area contributed by atoms with E-state index in [-0.39, 0.29) is 11.8 Å². The lowest BCUT2D eigenvalue weighted by molar-refractivity contribution is -0.402. The van der Waals surface area contributed by atoms with Crippen molar-refractivity contribution in [3.8, 4) is 0 Å². The van der Waals surface area contributed by atoms with Gasteiger partial charge in [-0.15, -0.1) is 0 Å². The second-order valence-corrected chi connectivity index (χ2v) is 5.53. The molecule has 7 nitrogen and oxygen atoms in total. The van der Waals surface area contributed by atoms with Gasteiger partial charge in [-0.2, -0.15) is 0 Å². The van der Waals surface area contributed by atoms with E-state index in [1.54, 1.807) is 0 Å². The van der Waals surface area contributed by atoms with Crippen LogP contribution in [-0.2, 0) is 6.42 Å².